The van der Waals surface area contributed by atoms with Gasteiger partial charge in [0, 0.05) is 24.6 Å². The fraction of sp³-hybridized carbons (Fsp3) is 0.231. The lowest BCUT2D eigenvalue weighted by molar-refractivity contribution is 0.210. The molecule has 2 aromatic heterocycles. The molecule has 6 heteroatoms. The van der Waals surface area contributed by atoms with E-state index in [1.165, 1.54) is 6.33 Å². The van der Waals surface area contributed by atoms with Crippen molar-refractivity contribution in [2.24, 2.45) is 0 Å². The Morgan fingerprint density at radius 3 is 3.11 bits per heavy atom. The molecule has 3 aromatic rings. The van der Waals surface area contributed by atoms with E-state index in [0.29, 0.717) is 13.2 Å². The highest BCUT2D eigenvalue weighted by Gasteiger charge is 2.11. The minimum atomic E-state index is 0.222. The number of aromatic nitrogens is 3. The summed E-state index contributed by atoms with van der Waals surface area (Å²) in [6.07, 6.45) is 1.51. The normalized spacial score (nSPS) is 11.2. The number of ether oxygens (including phenoxy) is 1. The minimum Gasteiger partial charge on any atom is -0.508 e. The summed E-state index contributed by atoms with van der Waals surface area (Å²) in [6, 6.07) is 5.17. The molecule has 0 radical (unpaired) electrons. The number of nitrogens with zero attached hydrogens (tertiary/aromatic N) is 2. The number of nitrogens with one attached hydrogen (secondary N) is 2. The first-order valence-corrected chi connectivity index (χ1v) is 5.98. The molecule has 19 heavy (non-hydrogen) atoms. The number of anilines is 1. The Balaban J connectivity index is 2.15. The fourth-order valence-corrected chi connectivity index (χ4v) is 2.12. The second kappa shape index (κ2) is 4.74. The number of H-pyrrole nitrogens is 1. The summed E-state index contributed by atoms with van der Waals surface area (Å²) >= 11 is 0. The quantitative estimate of drug-likeness (QED) is 0.622. The smallest absolute Gasteiger partial charge is 0.143 e. The van der Waals surface area contributed by atoms with Gasteiger partial charge in [0.1, 0.15) is 23.5 Å². The van der Waals surface area contributed by atoms with Gasteiger partial charge in [-0.05, 0) is 18.2 Å². The van der Waals surface area contributed by atoms with Crippen LogP contribution in [0.1, 0.15) is 0 Å². The van der Waals surface area contributed by atoms with Crippen molar-refractivity contribution in [1.29, 1.82) is 0 Å². The summed E-state index contributed by atoms with van der Waals surface area (Å²) in [5, 5.41) is 14.6. The van der Waals surface area contributed by atoms with E-state index in [2.05, 4.69) is 20.3 Å². The van der Waals surface area contributed by atoms with E-state index in [1.807, 2.05) is 6.07 Å². The number of aromatic hydroxyl groups is 1. The Kier molecular flexibility index (Phi) is 2.92. The number of rotatable bonds is 4. The largest absolute Gasteiger partial charge is 0.508 e. The van der Waals surface area contributed by atoms with E-state index in [9.17, 15) is 5.11 Å². The molecule has 0 saturated heterocycles. The van der Waals surface area contributed by atoms with Crippen LogP contribution in [0.15, 0.2) is 24.5 Å². The fourth-order valence-electron chi connectivity index (χ4n) is 2.12. The van der Waals surface area contributed by atoms with Crippen LogP contribution in [0, 0.1) is 0 Å². The number of benzene rings is 1. The summed E-state index contributed by atoms with van der Waals surface area (Å²) < 4.78 is 5.01. The molecule has 0 aliphatic carbocycles. The van der Waals surface area contributed by atoms with Crippen molar-refractivity contribution < 1.29 is 9.84 Å². The number of phenols is 1. The Bertz CT molecular complexity index is 723. The van der Waals surface area contributed by atoms with Crippen LogP contribution in [0.25, 0.3) is 21.9 Å². The maximum absolute atomic E-state index is 9.62. The topological polar surface area (TPSA) is 83.1 Å². The van der Waals surface area contributed by atoms with Crippen LogP contribution in [0.2, 0.25) is 0 Å². The molecule has 0 fully saturated rings. The molecule has 0 amide bonds. The van der Waals surface area contributed by atoms with Crippen LogP contribution in [0.4, 0.5) is 5.82 Å². The van der Waals surface area contributed by atoms with Crippen LogP contribution in [-0.2, 0) is 4.74 Å². The van der Waals surface area contributed by atoms with Crippen molar-refractivity contribution in [3.05, 3.63) is 24.5 Å². The molecule has 0 unspecified atom stereocenters. The molecule has 2 heterocycles. The van der Waals surface area contributed by atoms with E-state index in [1.54, 1.807) is 19.2 Å². The van der Waals surface area contributed by atoms with Crippen LogP contribution < -0.4 is 5.32 Å². The van der Waals surface area contributed by atoms with Gasteiger partial charge in [-0.3, -0.25) is 0 Å². The van der Waals surface area contributed by atoms with Crippen LogP contribution in [-0.4, -0.2) is 40.3 Å². The number of hydrogen-bond donors (Lipinski definition) is 3. The van der Waals surface area contributed by atoms with Gasteiger partial charge in [0.05, 0.1) is 12.0 Å². The first kappa shape index (κ1) is 11.7. The van der Waals surface area contributed by atoms with Gasteiger partial charge in [-0.2, -0.15) is 0 Å². The molecule has 6 nitrogen and oxygen atoms in total. The highest BCUT2D eigenvalue weighted by molar-refractivity contribution is 6.11. The Labute approximate surface area is 109 Å². The Morgan fingerprint density at radius 1 is 1.37 bits per heavy atom. The SMILES string of the molecule is COCCNc1ncnc2[nH]c3ccc(O)cc3c12. The van der Waals surface area contributed by atoms with Crippen molar-refractivity contribution in [1.82, 2.24) is 15.0 Å². The van der Waals surface area contributed by atoms with Crippen LogP contribution in [0.5, 0.6) is 5.75 Å². The van der Waals surface area contributed by atoms with Crippen LogP contribution >= 0.6 is 0 Å². The van der Waals surface area contributed by atoms with E-state index in [0.717, 1.165) is 27.8 Å². The number of fused-ring (bicyclic) bond motifs is 3. The molecule has 0 spiro atoms. The molecular weight excluding hydrogens is 244 g/mol. The third kappa shape index (κ3) is 2.06. The zero-order valence-corrected chi connectivity index (χ0v) is 10.5. The Morgan fingerprint density at radius 2 is 2.26 bits per heavy atom. The predicted molar refractivity (Wildman–Crippen MR) is 73.4 cm³/mol. The molecule has 0 atom stereocenters. The summed E-state index contributed by atoms with van der Waals surface area (Å²) in [5.41, 5.74) is 1.67. The zero-order chi connectivity index (χ0) is 13.2. The summed E-state index contributed by atoms with van der Waals surface area (Å²) in [6.45, 7) is 1.26. The van der Waals surface area contributed by atoms with Crippen molar-refractivity contribution in [2.45, 2.75) is 0 Å². The van der Waals surface area contributed by atoms with Crippen molar-refractivity contribution >= 4 is 27.8 Å². The number of hydrogen-bond acceptors (Lipinski definition) is 5. The molecule has 3 rings (SSSR count). The average Bonchev–Trinajstić information content (AvgIpc) is 2.78. The van der Waals surface area contributed by atoms with Crippen molar-refractivity contribution in [2.75, 3.05) is 25.6 Å². The maximum Gasteiger partial charge on any atom is 0.143 e. The highest BCUT2D eigenvalue weighted by atomic mass is 16.5. The molecule has 0 bridgehead atoms. The monoisotopic (exact) mass is 258 g/mol. The number of phenolic OH excluding ortho intramolecular Hbond substituents is 1. The first-order valence-electron chi connectivity index (χ1n) is 5.98. The average molecular weight is 258 g/mol. The van der Waals surface area contributed by atoms with Crippen LogP contribution in [0.3, 0.4) is 0 Å². The molecule has 0 aliphatic heterocycles. The molecule has 3 N–H and O–H groups in total. The number of aromatic amines is 1. The summed E-state index contributed by atoms with van der Waals surface area (Å²) in [5.74, 6) is 0.957. The van der Waals surface area contributed by atoms with Crippen molar-refractivity contribution in [3.8, 4) is 5.75 Å². The van der Waals surface area contributed by atoms with E-state index in [-0.39, 0.29) is 5.75 Å². The summed E-state index contributed by atoms with van der Waals surface area (Å²) in [7, 11) is 1.65. The Hall–Kier alpha value is -2.34. The van der Waals surface area contributed by atoms with E-state index in [4.69, 9.17) is 4.74 Å². The molecule has 0 aliphatic rings. The lowest BCUT2D eigenvalue weighted by Gasteiger charge is -2.05. The van der Waals surface area contributed by atoms with Gasteiger partial charge in [-0.1, -0.05) is 0 Å². The minimum absolute atomic E-state index is 0.222. The van der Waals surface area contributed by atoms with Gasteiger partial charge < -0.3 is 20.1 Å². The number of methoxy groups -OCH3 is 1. The van der Waals surface area contributed by atoms with E-state index < -0.39 is 0 Å². The lowest BCUT2D eigenvalue weighted by atomic mass is 10.2. The zero-order valence-electron chi connectivity index (χ0n) is 10.5. The second-order valence-corrected chi connectivity index (χ2v) is 4.22. The van der Waals surface area contributed by atoms with Gasteiger partial charge in [0.2, 0.25) is 0 Å². The standard InChI is InChI=1S/C13H14N4O2/c1-19-5-4-14-12-11-9-6-8(18)2-3-10(9)17-13(11)16-7-15-12/h2-3,6-7,18H,4-5H2,1H3,(H2,14,15,16,17). The van der Waals surface area contributed by atoms with Gasteiger partial charge >= 0.3 is 0 Å². The van der Waals surface area contributed by atoms with Gasteiger partial charge in [-0.25, -0.2) is 9.97 Å². The molecule has 98 valence electrons. The third-order valence-corrected chi connectivity index (χ3v) is 2.97. The lowest BCUT2D eigenvalue weighted by Crippen LogP contribution is -2.09. The van der Waals surface area contributed by atoms with Gasteiger partial charge in [-0.15, -0.1) is 0 Å². The third-order valence-electron chi connectivity index (χ3n) is 2.97. The highest BCUT2D eigenvalue weighted by Crippen LogP contribution is 2.30. The molecular formula is C13H14N4O2. The van der Waals surface area contributed by atoms with Crippen molar-refractivity contribution in [3.63, 3.8) is 0 Å². The first-order chi connectivity index (χ1) is 9.29. The van der Waals surface area contributed by atoms with Gasteiger partial charge in [0.15, 0.2) is 0 Å². The van der Waals surface area contributed by atoms with E-state index >= 15 is 0 Å². The second-order valence-electron chi connectivity index (χ2n) is 4.22. The summed E-state index contributed by atoms with van der Waals surface area (Å²) in [4.78, 5) is 11.7. The predicted octanol–water partition coefficient (Wildman–Crippen LogP) is 1.87. The van der Waals surface area contributed by atoms with Gasteiger partial charge in [0.25, 0.3) is 0 Å². The molecule has 0 saturated carbocycles. The molecule has 1 aromatic carbocycles. The maximum atomic E-state index is 9.62.